The van der Waals surface area contributed by atoms with Gasteiger partial charge in [-0.3, -0.25) is 14.9 Å². The summed E-state index contributed by atoms with van der Waals surface area (Å²) in [6.45, 7) is 1.06. The highest BCUT2D eigenvalue weighted by Gasteiger charge is 2.25. The second kappa shape index (κ2) is 8.14. The van der Waals surface area contributed by atoms with E-state index >= 15 is 0 Å². The second-order valence-electron chi connectivity index (χ2n) is 5.75. The summed E-state index contributed by atoms with van der Waals surface area (Å²) < 4.78 is 31.1. The molecule has 10 heteroatoms. The molecule has 0 saturated carbocycles. The second-order valence-corrected chi connectivity index (χ2v) is 7.79. The lowest BCUT2D eigenvalue weighted by molar-refractivity contribution is -0.385. The number of ether oxygens (including phenoxy) is 1. The molecule has 0 aliphatic rings. The number of nitrogens with one attached hydrogen (secondary N) is 1. The Balaban J connectivity index is 2.16. The Hall–Kier alpha value is -2.98. The van der Waals surface area contributed by atoms with E-state index in [9.17, 15) is 23.3 Å². The largest absolute Gasteiger partial charge is 0.497 e. The number of carbonyl (C=O) groups excluding carboxylic acids is 1. The van der Waals surface area contributed by atoms with Crippen molar-refractivity contribution in [3.63, 3.8) is 0 Å². The number of benzene rings is 2. The summed E-state index contributed by atoms with van der Waals surface area (Å²) >= 11 is 0. The van der Waals surface area contributed by atoms with E-state index in [1.807, 2.05) is 0 Å². The number of nitro benzene ring substituents is 1. The molecule has 0 spiro atoms. The minimum atomic E-state index is -4.07. The number of anilines is 1. The van der Waals surface area contributed by atoms with Crippen LogP contribution in [-0.4, -0.2) is 44.3 Å². The van der Waals surface area contributed by atoms with Crippen molar-refractivity contribution in [2.75, 3.05) is 26.0 Å². The van der Waals surface area contributed by atoms with Crippen LogP contribution in [0.15, 0.2) is 47.4 Å². The third kappa shape index (κ3) is 4.80. The Bertz CT molecular complexity index is 974. The molecule has 27 heavy (non-hydrogen) atoms. The minimum absolute atomic E-state index is 0.253. The van der Waals surface area contributed by atoms with Crippen molar-refractivity contribution in [3.8, 4) is 5.75 Å². The molecule has 0 aromatic heterocycles. The Labute approximate surface area is 156 Å². The van der Waals surface area contributed by atoms with E-state index in [2.05, 4.69) is 5.32 Å². The zero-order chi connectivity index (χ0) is 20.2. The molecular weight excluding hydrogens is 374 g/mol. The maximum absolute atomic E-state index is 12.6. The maximum Gasteiger partial charge on any atom is 0.273 e. The molecule has 1 amide bonds. The van der Waals surface area contributed by atoms with E-state index in [1.165, 1.54) is 33.2 Å². The number of likely N-dealkylation sites (N-methyl/N-ethyl adjacent to an activating group) is 1. The van der Waals surface area contributed by atoms with E-state index in [0.717, 1.165) is 10.4 Å². The van der Waals surface area contributed by atoms with Gasteiger partial charge in [-0.2, -0.15) is 4.31 Å². The van der Waals surface area contributed by atoms with Gasteiger partial charge in [0.15, 0.2) is 0 Å². The number of carbonyl (C=O) groups is 1. The number of nitrogens with zero attached hydrogens (tertiary/aromatic N) is 2. The van der Waals surface area contributed by atoms with E-state index in [1.54, 1.807) is 24.3 Å². The summed E-state index contributed by atoms with van der Waals surface area (Å²) in [5.41, 5.74) is 0.499. The normalized spacial score (nSPS) is 11.3. The van der Waals surface area contributed by atoms with Gasteiger partial charge in [0.2, 0.25) is 15.9 Å². The average molecular weight is 393 g/mol. The smallest absolute Gasteiger partial charge is 0.273 e. The van der Waals surface area contributed by atoms with Crippen molar-refractivity contribution in [1.29, 1.82) is 0 Å². The van der Waals surface area contributed by atoms with Crippen molar-refractivity contribution in [2.24, 2.45) is 0 Å². The lowest BCUT2D eigenvalue weighted by Gasteiger charge is -2.17. The van der Waals surface area contributed by atoms with Gasteiger partial charge in [0.05, 0.1) is 23.5 Å². The van der Waals surface area contributed by atoms with Gasteiger partial charge >= 0.3 is 0 Å². The zero-order valence-corrected chi connectivity index (χ0v) is 15.8. The van der Waals surface area contributed by atoms with Gasteiger partial charge in [-0.1, -0.05) is 12.1 Å². The molecule has 2 aromatic rings. The Morgan fingerprint density at radius 2 is 1.96 bits per heavy atom. The van der Waals surface area contributed by atoms with Crippen LogP contribution in [0.1, 0.15) is 5.56 Å². The Morgan fingerprint density at radius 1 is 1.26 bits per heavy atom. The van der Waals surface area contributed by atoms with Crippen molar-refractivity contribution in [3.05, 3.63) is 58.1 Å². The van der Waals surface area contributed by atoms with E-state index in [4.69, 9.17) is 4.74 Å². The molecular formula is C17H19N3O6S. The molecule has 2 rings (SSSR count). The van der Waals surface area contributed by atoms with Crippen LogP contribution in [0, 0.1) is 17.0 Å². The summed E-state index contributed by atoms with van der Waals surface area (Å²) in [5, 5.41) is 13.6. The van der Waals surface area contributed by atoms with E-state index < -0.39 is 27.4 Å². The molecule has 0 atom stereocenters. The van der Waals surface area contributed by atoms with Crippen LogP contribution >= 0.6 is 0 Å². The van der Waals surface area contributed by atoms with E-state index in [-0.39, 0.29) is 10.6 Å². The molecule has 0 heterocycles. The number of sulfonamides is 1. The van der Waals surface area contributed by atoms with Gasteiger partial charge < -0.3 is 10.1 Å². The number of rotatable bonds is 7. The molecule has 144 valence electrons. The Kier molecular flexibility index (Phi) is 6.13. The standard InChI is InChI=1S/C17H19N3O6S/c1-12-7-8-15(10-16(12)20(22)23)27(24,25)19(2)11-17(21)18-13-5-4-6-14(9-13)26-3/h4-10H,11H2,1-3H3,(H,18,21). The summed E-state index contributed by atoms with van der Waals surface area (Å²) in [6.07, 6.45) is 0. The quantitative estimate of drug-likeness (QED) is 0.569. The SMILES string of the molecule is COc1cccc(NC(=O)CN(C)S(=O)(=O)c2ccc(C)c([N+](=O)[O-])c2)c1. The first-order chi connectivity index (χ1) is 12.6. The highest BCUT2D eigenvalue weighted by Crippen LogP contribution is 2.24. The van der Waals surface area contributed by atoms with Crippen molar-refractivity contribution in [2.45, 2.75) is 11.8 Å². The Morgan fingerprint density at radius 3 is 2.59 bits per heavy atom. The molecule has 0 fully saturated rings. The maximum atomic E-state index is 12.6. The van der Waals surface area contributed by atoms with Crippen LogP contribution in [0.2, 0.25) is 0 Å². The van der Waals surface area contributed by atoms with E-state index in [0.29, 0.717) is 17.0 Å². The first-order valence-corrected chi connectivity index (χ1v) is 9.24. The number of aryl methyl sites for hydroxylation is 1. The van der Waals surface area contributed by atoms with Crippen molar-refractivity contribution >= 4 is 27.3 Å². The van der Waals surface area contributed by atoms with Crippen LogP contribution in [-0.2, 0) is 14.8 Å². The molecule has 0 saturated heterocycles. The fraction of sp³-hybridized carbons (Fsp3) is 0.235. The molecule has 0 unspecified atom stereocenters. The van der Waals surface area contributed by atoms with Crippen LogP contribution in [0.5, 0.6) is 5.75 Å². The van der Waals surface area contributed by atoms with Gasteiger partial charge in [-0.15, -0.1) is 0 Å². The van der Waals surface area contributed by atoms with Crippen molar-refractivity contribution in [1.82, 2.24) is 4.31 Å². The first kappa shape index (κ1) is 20.3. The highest BCUT2D eigenvalue weighted by atomic mass is 32.2. The molecule has 0 bridgehead atoms. The molecule has 0 radical (unpaired) electrons. The third-order valence-electron chi connectivity index (χ3n) is 3.81. The number of hydrogen-bond acceptors (Lipinski definition) is 6. The molecule has 0 aliphatic heterocycles. The third-order valence-corrected chi connectivity index (χ3v) is 5.60. The first-order valence-electron chi connectivity index (χ1n) is 7.80. The molecule has 9 nitrogen and oxygen atoms in total. The van der Waals surface area contributed by atoms with Crippen LogP contribution in [0.25, 0.3) is 0 Å². The summed E-state index contributed by atoms with van der Waals surface area (Å²) in [5.74, 6) is -0.0170. The zero-order valence-electron chi connectivity index (χ0n) is 15.0. The summed E-state index contributed by atoms with van der Waals surface area (Å²) in [6, 6.07) is 10.2. The van der Waals surface area contributed by atoms with Gasteiger partial charge in [0, 0.05) is 30.4 Å². The van der Waals surface area contributed by atoms with Gasteiger partial charge in [0.25, 0.3) is 5.69 Å². The minimum Gasteiger partial charge on any atom is -0.497 e. The highest BCUT2D eigenvalue weighted by molar-refractivity contribution is 7.89. The van der Waals surface area contributed by atoms with Gasteiger partial charge in [-0.25, -0.2) is 8.42 Å². The average Bonchev–Trinajstić information content (AvgIpc) is 2.61. The predicted octanol–water partition coefficient (Wildman–Crippen LogP) is 2.17. The van der Waals surface area contributed by atoms with Crippen LogP contribution in [0.3, 0.4) is 0 Å². The predicted molar refractivity (Wildman–Crippen MR) is 99.3 cm³/mol. The topological polar surface area (TPSA) is 119 Å². The van der Waals surface area contributed by atoms with Gasteiger partial charge in [0.1, 0.15) is 5.75 Å². The number of nitro groups is 1. The van der Waals surface area contributed by atoms with Crippen LogP contribution in [0.4, 0.5) is 11.4 Å². The fourth-order valence-electron chi connectivity index (χ4n) is 2.31. The lowest BCUT2D eigenvalue weighted by atomic mass is 10.2. The summed E-state index contributed by atoms with van der Waals surface area (Å²) in [4.78, 5) is 22.3. The number of amides is 1. The molecule has 1 N–H and O–H groups in total. The summed E-state index contributed by atoms with van der Waals surface area (Å²) in [7, 11) is -1.35. The van der Waals surface area contributed by atoms with Gasteiger partial charge in [-0.05, 0) is 25.1 Å². The van der Waals surface area contributed by atoms with Crippen LogP contribution < -0.4 is 10.1 Å². The molecule has 0 aliphatic carbocycles. The van der Waals surface area contributed by atoms with Crippen molar-refractivity contribution < 1.29 is 22.9 Å². The number of methoxy groups -OCH3 is 1. The monoisotopic (exact) mass is 393 g/mol. The molecule has 2 aromatic carbocycles. The number of hydrogen-bond donors (Lipinski definition) is 1. The fourth-order valence-corrected chi connectivity index (χ4v) is 3.46. The lowest BCUT2D eigenvalue weighted by Crippen LogP contribution is -2.35.